The lowest BCUT2D eigenvalue weighted by molar-refractivity contribution is -0.160. The van der Waals surface area contributed by atoms with E-state index in [1.54, 1.807) is 6.92 Å². The molecular formula is C32H32N2O6. The highest BCUT2D eigenvalue weighted by molar-refractivity contribution is 5.93. The van der Waals surface area contributed by atoms with Crippen LogP contribution in [0.25, 0.3) is 11.1 Å². The van der Waals surface area contributed by atoms with Crippen molar-refractivity contribution in [1.29, 1.82) is 0 Å². The highest BCUT2D eigenvalue weighted by atomic mass is 16.5. The zero-order chi connectivity index (χ0) is 27.9. The Hall–Kier alpha value is -4.17. The van der Waals surface area contributed by atoms with E-state index in [-0.39, 0.29) is 25.0 Å². The van der Waals surface area contributed by atoms with E-state index >= 15 is 0 Å². The van der Waals surface area contributed by atoms with Gasteiger partial charge in [0.25, 0.3) is 0 Å². The van der Waals surface area contributed by atoms with Gasteiger partial charge >= 0.3 is 12.1 Å². The lowest BCUT2D eigenvalue weighted by Gasteiger charge is -2.39. The van der Waals surface area contributed by atoms with Gasteiger partial charge in [-0.1, -0.05) is 78.9 Å². The van der Waals surface area contributed by atoms with Crippen LogP contribution in [0.3, 0.4) is 0 Å². The molecule has 3 fully saturated rings. The molecule has 2 atom stereocenters. The van der Waals surface area contributed by atoms with E-state index in [1.165, 1.54) is 4.90 Å². The molecule has 2 unspecified atom stereocenters. The van der Waals surface area contributed by atoms with Crippen molar-refractivity contribution in [2.45, 2.75) is 50.0 Å². The highest BCUT2D eigenvalue weighted by Crippen LogP contribution is 2.51. The molecule has 1 saturated carbocycles. The zero-order valence-electron chi connectivity index (χ0n) is 22.3. The maximum absolute atomic E-state index is 13.8. The molecule has 2 amide bonds. The molecule has 2 bridgehead atoms. The van der Waals surface area contributed by atoms with Gasteiger partial charge in [-0.2, -0.15) is 0 Å². The van der Waals surface area contributed by atoms with Crippen molar-refractivity contribution in [3.63, 3.8) is 0 Å². The number of nitrogens with one attached hydrogen (secondary N) is 1. The van der Waals surface area contributed by atoms with Crippen molar-refractivity contribution in [2.75, 3.05) is 13.2 Å². The van der Waals surface area contributed by atoms with Crippen molar-refractivity contribution < 1.29 is 29.0 Å². The fraction of sp³-hybridized carbons (Fsp3) is 0.344. The van der Waals surface area contributed by atoms with Crippen LogP contribution in [0.15, 0.2) is 78.9 Å². The second-order valence-corrected chi connectivity index (χ2v) is 11.0. The Labute approximate surface area is 232 Å². The van der Waals surface area contributed by atoms with Crippen molar-refractivity contribution in [1.82, 2.24) is 10.2 Å². The SMILES string of the molecule is CC(OCc1ccccc1)C(NC(=O)OCC1c2ccccc2-c2ccccc21)C(=O)N1CC2CC1(C(=O)O)C2. The molecule has 206 valence electrons. The lowest BCUT2D eigenvalue weighted by atomic mass is 9.73. The number of carboxylic acid groups (broad SMARTS) is 1. The van der Waals surface area contributed by atoms with Gasteiger partial charge < -0.3 is 24.8 Å². The number of ether oxygens (including phenoxy) is 2. The third kappa shape index (κ3) is 4.52. The summed E-state index contributed by atoms with van der Waals surface area (Å²) in [6.45, 7) is 2.41. The normalized spacial score (nSPS) is 22.0. The summed E-state index contributed by atoms with van der Waals surface area (Å²) in [5.74, 6) is -1.43. The molecule has 0 aromatic heterocycles. The molecule has 0 radical (unpaired) electrons. The molecule has 2 aliphatic heterocycles. The van der Waals surface area contributed by atoms with E-state index < -0.39 is 35.7 Å². The second-order valence-electron chi connectivity index (χ2n) is 11.0. The number of amides is 2. The van der Waals surface area contributed by atoms with E-state index in [2.05, 4.69) is 17.4 Å². The molecule has 4 aliphatic rings. The minimum atomic E-state index is -1.21. The number of alkyl carbamates (subject to hydrolysis) is 1. The molecule has 7 rings (SSSR count). The molecule has 2 aliphatic carbocycles. The van der Waals surface area contributed by atoms with Crippen LogP contribution in [0.4, 0.5) is 4.79 Å². The molecule has 8 heteroatoms. The number of hydrogen-bond acceptors (Lipinski definition) is 5. The molecular weight excluding hydrogens is 508 g/mol. The van der Waals surface area contributed by atoms with Crippen molar-refractivity contribution in [3.8, 4) is 11.1 Å². The van der Waals surface area contributed by atoms with Gasteiger partial charge in [0.2, 0.25) is 5.91 Å². The van der Waals surface area contributed by atoms with E-state index in [1.807, 2.05) is 66.7 Å². The summed E-state index contributed by atoms with van der Waals surface area (Å²) in [7, 11) is 0. The van der Waals surface area contributed by atoms with Crippen LogP contribution in [0, 0.1) is 5.92 Å². The average Bonchev–Trinajstić information content (AvgIpc) is 3.63. The number of nitrogens with zero attached hydrogens (tertiary/aromatic N) is 1. The van der Waals surface area contributed by atoms with Gasteiger partial charge in [-0.3, -0.25) is 4.79 Å². The summed E-state index contributed by atoms with van der Waals surface area (Å²) in [5.41, 5.74) is 4.13. The van der Waals surface area contributed by atoms with E-state index in [4.69, 9.17) is 9.47 Å². The van der Waals surface area contributed by atoms with Gasteiger partial charge in [0.1, 0.15) is 18.2 Å². The Kier molecular flexibility index (Phi) is 6.80. The number of fused-ring (bicyclic) bond motifs is 4. The number of benzene rings is 3. The van der Waals surface area contributed by atoms with Crippen LogP contribution < -0.4 is 5.32 Å². The molecule has 0 spiro atoms. The van der Waals surface area contributed by atoms with Crippen molar-refractivity contribution in [3.05, 3.63) is 95.6 Å². The van der Waals surface area contributed by atoms with E-state index in [9.17, 15) is 19.5 Å². The smallest absolute Gasteiger partial charge is 0.407 e. The summed E-state index contributed by atoms with van der Waals surface area (Å²) >= 11 is 0. The summed E-state index contributed by atoms with van der Waals surface area (Å²) in [6.07, 6.45) is -0.598. The van der Waals surface area contributed by atoms with Crippen molar-refractivity contribution in [2.24, 2.45) is 5.92 Å². The Morgan fingerprint density at radius 2 is 1.55 bits per heavy atom. The lowest BCUT2D eigenvalue weighted by Crippen LogP contribution is -2.61. The summed E-state index contributed by atoms with van der Waals surface area (Å²) in [4.78, 5) is 40.5. The maximum Gasteiger partial charge on any atom is 0.407 e. The van der Waals surface area contributed by atoms with Gasteiger partial charge in [-0.15, -0.1) is 0 Å². The van der Waals surface area contributed by atoms with Gasteiger partial charge in [0.15, 0.2) is 0 Å². The zero-order valence-corrected chi connectivity index (χ0v) is 22.3. The van der Waals surface area contributed by atoms with Crippen LogP contribution in [0.5, 0.6) is 0 Å². The van der Waals surface area contributed by atoms with Crippen LogP contribution >= 0.6 is 0 Å². The first-order valence-corrected chi connectivity index (χ1v) is 13.7. The third-order valence-corrected chi connectivity index (χ3v) is 8.58. The molecule has 2 saturated heterocycles. The number of aliphatic carboxylic acids is 1. The van der Waals surface area contributed by atoms with Crippen LogP contribution in [0.1, 0.15) is 42.4 Å². The summed E-state index contributed by atoms with van der Waals surface area (Å²) in [6, 6.07) is 24.6. The molecule has 2 N–H and O–H groups in total. The molecule has 3 aromatic carbocycles. The van der Waals surface area contributed by atoms with Crippen LogP contribution in [0.2, 0.25) is 0 Å². The van der Waals surface area contributed by atoms with Crippen molar-refractivity contribution >= 4 is 18.0 Å². The van der Waals surface area contributed by atoms with Crippen LogP contribution in [-0.4, -0.2) is 58.8 Å². The highest BCUT2D eigenvalue weighted by Gasteiger charge is 2.63. The average molecular weight is 541 g/mol. The number of hydrogen-bond donors (Lipinski definition) is 2. The van der Waals surface area contributed by atoms with Gasteiger partial charge in [0.05, 0.1) is 12.7 Å². The van der Waals surface area contributed by atoms with Crippen LogP contribution in [-0.2, 0) is 25.7 Å². The van der Waals surface area contributed by atoms with E-state index in [0.717, 1.165) is 27.8 Å². The Bertz CT molecular complexity index is 1390. The minimum Gasteiger partial charge on any atom is -0.479 e. The predicted molar refractivity (Wildman–Crippen MR) is 147 cm³/mol. The molecule has 3 aromatic rings. The number of carboxylic acids is 1. The largest absolute Gasteiger partial charge is 0.479 e. The first kappa shape index (κ1) is 26.1. The predicted octanol–water partition coefficient (Wildman–Crippen LogP) is 4.57. The Balaban J connectivity index is 1.18. The monoisotopic (exact) mass is 540 g/mol. The quantitative estimate of drug-likeness (QED) is 0.412. The number of rotatable bonds is 9. The van der Waals surface area contributed by atoms with Gasteiger partial charge in [-0.25, -0.2) is 9.59 Å². The first-order valence-electron chi connectivity index (χ1n) is 13.7. The summed E-state index contributed by atoms with van der Waals surface area (Å²) < 4.78 is 11.7. The fourth-order valence-corrected chi connectivity index (χ4v) is 6.48. The topological polar surface area (TPSA) is 105 Å². The maximum atomic E-state index is 13.8. The molecule has 2 heterocycles. The summed E-state index contributed by atoms with van der Waals surface area (Å²) in [5, 5.41) is 12.6. The Morgan fingerprint density at radius 1 is 0.950 bits per heavy atom. The fourth-order valence-electron chi connectivity index (χ4n) is 6.48. The molecule has 40 heavy (non-hydrogen) atoms. The Morgan fingerprint density at radius 3 is 2.17 bits per heavy atom. The van der Waals surface area contributed by atoms with Gasteiger partial charge in [0, 0.05) is 12.5 Å². The molecule has 8 nitrogen and oxygen atoms in total. The standard InChI is InChI=1S/C32H32N2O6/c1-20(39-18-21-9-3-2-4-10-21)28(29(35)34-17-22-15-32(34,16-22)30(36)37)33-31(38)40-19-27-25-13-7-5-11-23(25)24-12-6-8-14-26(24)27/h2-14,20,22,27-28H,15-19H2,1H3,(H,33,38)(H,36,37). The van der Waals surface area contributed by atoms with Gasteiger partial charge in [-0.05, 0) is 53.5 Å². The van der Waals surface area contributed by atoms with E-state index in [0.29, 0.717) is 19.4 Å². The number of carbonyl (C=O) groups excluding carboxylic acids is 2. The number of carbonyl (C=O) groups is 3. The third-order valence-electron chi connectivity index (χ3n) is 8.58. The minimum absolute atomic E-state index is 0.102. The first-order chi connectivity index (χ1) is 19.4. The second kappa shape index (κ2) is 10.4.